The van der Waals surface area contributed by atoms with Crippen LogP contribution in [0, 0.1) is 5.82 Å². The smallest absolute Gasteiger partial charge is 0.164 e. The lowest BCUT2D eigenvalue weighted by Gasteiger charge is -2.07. The maximum absolute atomic E-state index is 13.2. The second-order valence-electron chi connectivity index (χ2n) is 3.52. The van der Waals surface area contributed by atoms with Crippen molar-refractivity contribution in [3.05, 3.63) is 41.7 Å². The average Bonchev–Trinajstić information content (AvgIpc) is 2.71. The summed E-state index contributed by atoms with van der Waals surface area (Å²) in [4.78, 5) is 4.00. The molecule has 0 saturated heterocycles. The monoisotopic (exact) mass is 255 g/mol. The third kappa shape index (κ3) is 2.94. The van der Waals surface area contributed by atoms with E-state index < -0.39 is 0 Å². The third-order valence-corrected chi connectivity index (χ3v) is 2.57. The molecule has 0 N–H and O–H groups in total. The Hall–Kier alpha value is -1.62. The van der Waals surface area contributed by atoms with Gasteiger partial charge in [-0.15, -0.1) is 11.6 Å². The molecule has 90 valence electrons. The van der Waals surface area contributed by atoms with E-state index in [0.717, 1.165) is 0 Å². The van der Waals surface area contributed by atoms with Gasteiger partial charge in [0.1, 0.15) is 24.5 Å². The van der Waals surface area contributed by atoms with Gasteiger partial charge in [-0.2, -0.15) is 5.10 Å². The first-order chi connectivity index (χ1) is 8.19. The van der Waals surface area contributed by atoms with E-state index in [1.165, 1.54) is 18.5 Å². The highest BCUT2D eigenvalue weighted by atomic mass is 35.5. The SMILES string of the molecule is Cn1ncnc1COc1cc(F)cc(CCl)c1. The van der Waals surface area contributed by atoms with Crippen LogP contribution in [-0.2, 0) is 19.5 Å². The van der Waals surface area contributed by atoms with Crippen LogP contribution in [0.15, 0.2) is 24.5 Å². The summed E-state index contributed by atoms with van der Waals surface area (Å²) >= 11 is 5.65. The average molecular weight is 256 g/mol. The quantitative estimate of drug-likeness (QED) is 0.787. The summed E-state index contributed by atoms with van der Waals surface area (Å²) < 4.78 is 20.2. The summed E-state index contributed by atoms with van der Waals surface area (Å²) in [7, 11) is 1.77. The Bertz CT molecular complexity index is 515. The Morgan fingerprint density at radius 1 is 1.41 bits per heavy atom. The van der Waals surface area contributed by atoms with Gasteiger partial charge in [0, 0.05) is 19.0 Å². The highest BCUT2D eigenvalue weighted by Gasteiger charge is 2.04. The maximum atomic E-state index is 13.2. The van der Waals surface area contributed by atoms with Crippen LogP contribution in [0.4, 0.5) is 4.39 Å². The minimum atomic E-state index is -0.365. The summed E-state index contributed by atoms with van der Waals surface area (Å²) in [5.74, 6) is 0.986. The van der Waals surface area contributed by atoms with E-state index in [-0.39, 0.29) is 18.3 Å². The first-order valence-electron chi connectivity index (χ1n) is 5.00. The Balaban J connectivity index is 2.09. The Labute approximate surface area is 103 Å². The number of ether oxygens (including phenoxy) is 1. The van der Waals surface area contributed by atoms with Crippen molar-refractivity contribution < 1.29 is 9.13 Å². The second-order valence-corrected chi connectivity index (χ2v) is 3.78. The summed E-state index contributed by atoms with van der Waals surface area (Å²) in [6, 6.07) is 4.39. The van der Waals surface area contributed by atoms with E-state index in [0.29, 0.717) is 17.1 Å². The molecular formula is C11H11ClFN3O. The molecule has 4 nitrogen and oxygen atoms in total. The summed E-state index contributed by atoms with van der Waals surface area (Å²) in [5, 5.41) is 3.91. The van der Waals surface area contributed by atoms with E-state index in [9.17, 15) is 4.39 Å². The van der Waals surface area contributed by atoms with Crippen molar-refractivity contribution in [1.29, 1.82) is 0 Å². The van der Waals surface area contributed by atoms with Crippen LogP contribution in [-0.4, -0.2) is 14.8 Å². The molecular weight excluding hydrogens is 245 g/mol. The molecule has 17 heavy (non-hydrogen) atoms. The number of alkyl halides is 1. The number of nitrogens with zero attached hydrogens (tertiary/aromatic N) is 3. The number of hydrogen-bond donors (Lipinski definition) is 0. The summed E-state index contributed by atoms with van der Waals surface area (Å²) in [5.41, 5.74) is 0.680. The van der Waals surface area contributed by atoms with Gasteiger partial charge in [0.2, 0.25) is 0 Å². The van der Waals surface area contributed by atoms with Crippen LogP contribution >= 0.6 is 11.6 Å². The number of benzene rings is 1. The van der Waals surface area contributed by atoms with Crippen molar-refractivity contribution >= 4 is 11.6 Å². The van der Waals surface area contributed by atoms with Gasteiger partial charge in [-0.3, -0.25) is 4.68 Å². The first-order valence-corrected chi connectivity index (χ1v) is 5.53. The van der Waals surface area contributed by atoms with Gasteiger partial charge in [0.25, 0.3) is 0 Å². The van der Waals surface area contributed by atoms with E-state index in [4.69, 9.17) is 16.3 Å². The molecule has 0 saturated carbocycles. The zero-order chi connectivity index (χ0) is 12.3. The highest BCUT2D eigenvalue weighted by molar-refractivity contribution is 6.17. The molecule has 0 unspecified atom stereocenters. The molecule has 0 spiro atoms. The zero-order valence-electron chi connectivity index (χ0n) is 9.23. The van der Waals surface area contributed by atoms with Crippen LogP contribution in [0.5, 0.6) is 5.75 Å². The summed E-state index contributed by atoms with van der Waals surface area (Å²) in [6.07, 6.45) is 1.44. The fourth-order valence-electron chi connectivity index (χ4n) is 1.38. The van der Waals surface area contributed by atoms with Gasteiger partial charge in [-0.05, 0) is 17.7 Å². The minimum absolute atomic E-state index is 0.238. The Morgan fingerprint density at radius 3 is 2.88 bits per heavy atom. The van der Waals surface area contributed by atoms with Gasteiger partial charge < -0.3 is 4.74 Å². The second kappa shape index (κ2) is 5.14. The molecule has 0 aliphatic rings. The molecule has 0 bridgehead atoms. The van der Waals surface area contributed by atoms with Crippen molar-refractivity contribution in [3.8, 4) is 5.75 Å². The molecule has 6 heteroatoms. The number of aromatic nitrogens is 3. The van der Waals surface area contributed by atoms with Gasteiger partial charge in [-0.1, -0.05) is 0 Å². The lowest BCUT2D eigenvalue weighted by Crippen LogP contribution is -2.04. The number of halogens is 2. The van der Waals surface area contributed by atoms with E-state index in [1.54, 1.807) is 17.8 Å². The summed E-state index contributed by atoms with van der Waals surface area (Å²) in [6.45, 7) is 0.238. The molecule has 1 heterocycles. The minimum Gasteiger partial charge on any atom is -0.486 e. The van der Waals surface area contributed by atoms with Crippen molar-refractivity contribution in [2.75, 3.05) is 0 Å². The Morgan fingerprint density at radius 2 is 2.24 bits per heavy atom. The topological polar surface area (TPSA) is 39.9 Å². The molecule has 0 aliphatic carbocycles. The predicted octanol–water partition coefficient (Wildman–Crippen LogP) is 2.27. The number of hydrogen-bond acceptors (Lipinski definition) is 3. The maximum Gasteiger partial charge on any atom is 0.164 e. The number of rotatable bonds is 4. The predicted molar refractivity (Wildman–Crippen MR) is 61.3 cm³/mol. The van der Waals surface area contributed by atoms with E-state index >= 15 is 0 Å². The van der Waals surface area contributed by atoms with Gasteiger partial charge in [0.05, 0.1) is 0 Å². The first kappa shape index (κ1) is 11.9. The Kier molecular flexibility index (Phi) is 3.58. The van der Waals surface area contributed by atoms with Crippen molar-refractivity contribution in [3.63, 3.8) is 0 Å². The lowest BCUT2D eigenvalue weighted by molar-refractivity contribution is 0.288. The molecule has 2 rings (SSSR count). The van der Waals surface area contributed by atoms with Crippen LogP contribution in [0.1, 0.15) is 11.4 Å². The van der Waals surface area contributed by atoms with Crippen LogP contribution in [0.3, 0.4) is 0 Å². The largest absolute Gasteiger partial charge is 0.486 e. The molecule has 0 radical (unpaired) electrons. The number of aryl methyl sites for hydroxylation is 1. The molecule has 0 aliphatic heterocycles. The molecule has 0 atom stereocenters. The van der Waals surface area contributed by atoms with Crippen LogP contribution < -0.4 is 4.74 Å². The lowest BCUT2D eigenvalue weighted by atomic mass is 10.2. The van der Waals surface area contributed by atoms with Gasteiger partial charge in [0.15, 0.2) is 5.82 Å². The fraction of sp³-hybridized carbons (Fsp3) is 0.273. The normalized spacial score (nSPS) is 10.5. The van der Waals surface area contributed by atoms with Gasteiger partial charge in [-0.25, -0.2) is 9.37 Å². The third-order valence-electron chi connectivity index (χ3n) is 2.26. The molecule has 0 amide bonds. The van der Waals surface area contributed by atoms with Crippen LogP contribution in [0.25, 0.3) is 0 Å². The van der Waals surface area contributed by atoms with Gasteiger partial charge >= 0.3 is 0 Å². The fourth-order valence-corrected chi connectivity index (χ4v) is 1.53. The van der Waals surface area contributed by atoms with Crippen molar-refractivity contribution in [2.45, 2.75) is 12.5 Å². The van der Waals surface area contributed by atoms with Crippen LogP contribution in [0.2, 0.25) is 0 Å². The highest BCUT2D eigenvalue weighted by Crippen LogP contribution is 2.18. The zero-order valence-corrected chi connectivity index (χ0v) is 9.99. The molecule has 1 aromatic carbocycles. The standard InChI is InChI=1S/C11H11ClFN3O/c1-16-11(14-7-15-16)6-17-10-3-8(5-12)2-9(13)4-10/h2-4,7H,5-6H2,1H3. The van der Waals surface area contributed by atoms with Crippen molar-refractivity contribution in [1.82, 2.24) is 14.8 Å². The molecule has 0 fully saturated rings. The molecule has 1 aromatic heterocycles. The molecule has 2 aromatic rings. The van der Waals surface area contributed by atoms with Crippen molar-refractivity contribution in [2.24, 2.45) is 7.05 Å². The van der Waals surface area contributed by atoms with E-state index in [2.05, 4.69) is 10.1 Å². The van der Waals surface area contributed by atoms with E-state index in [1.807, 2.05) is 0 Å².